The molecule has 3 aliphatic rings. The van der Waals surface area contributed by atoms with Gasteiger partial charge < -0.3 is 4.74 Å². The fourth-order valence-corrected chi connectivity index (χ4v) is 4.91. The van der Waals surface area contributed by atoms with Crippen molar-refractivity contribution in [3.8, 4) is 5.75 Å². The number of esters is 1. The molecule has 6 nitrogen and oxygen atoms in total. The van der Waals surface area contributed by atoms with E-state index in [-0.39, 0.29) is 52.6 Å². The number of ether oxygens (including phenoxy) is 1. The van der Waals surface area contributed by atoms with E-state index < -0.39 is 5.97 Å². The van der Waals surface area contributed by atoms with Crippen molar-refractivity contribution in [3.63, 3.8) is 0 Å². The monoisotopic (exact) mass is 401 g/mol. The molecule has 1 saturated carbocycles. The fourth-order valence-electron chi connectivity index (χ4n) is 4.91. The Kier molecular flexibility index (Phi) is 4.17. The molecule has 1 saturated heterocycles. The lowest BCUT2D eigenvalue weighted by atomic mass is 9.85. The number of carbonyl (C=O) groups excluding carboxylic acids is 4. The van der Waals surface area contributed by atoms with Gasteiger partial charge in [-0.25, -0.2) is 4.79 Å². The van der Waals surface area contributed by atoms with Gasteiger partial charge in [-0.3, -0.25) is 19.3 Å². The first-order valence-electron chi connectivity index (χ1n) is 9.94. The van der Waals surface area contributed by atoms with E-state index in [1.54, 1.807) is 36.4 Å². The van der Waals surface area contributed by atoms with Gasteiger partial charge in [0.25, 0.3) is 0 Å². The zero-order valence-electron chi connectivity index (χ0n) is 16.3. The van der Waals surface area contributed by atoms with Crippen molar-refractivity contribution in [1.29, 1.82) is 0 Å². The highest BCUT2D eigenvalue weighted by molar-refractivity contribution is 6.22. The van der Waals surface area contributed by atoms with E-state index in [4.69, 9.17) is 4.74 Å². The molecule has 2 fully saturated rings. The number of para-hydroxylation sites is 1. The third-order valence-corrected chi connectivity index (χ3v) is 6.30. The molecule has 5 rings (SSSR count). The molecule has 6 heteroatoms. The lowest BCUT2D eigenvalue weighted by Crippen LogP contribution is -2.32. The lowest BCUT2D eigenvalue weighted by molar-refractivity contribution is -0.123. The third-order valence-electron chi connectivity index (χ3n) is 6.30. The van der Waals surface area contributed by atoms with Crippen molar-refractivity contribution in [2.75, 3.05) is 4.90 Å². The average molecular weight is 401 g/mol. The molecule has 4 atom stereocenters. The van der Waals surface area contributed by atoms with Crippen LogP contribution in [-0.2, 0) is 9.59 Å². The second kappa shape index (κ2) is 6.76. The molecule has 0 unspecified atom stereocenters. The number of hydrogen-bond donors (Lipinski definition) is 0. The molecule has 30 heavy (non-hydrogen) atoms. The molecular weight excluding hydrogens is 382 g/mol. The minimum atomic E-state index is -0.617. The van der Waals surface area contributed by atoms with Crippen LogP contribution < -0.4 is 9.64 Å². The van der Waals surface area contributed by atoms with Crippen molar-refractivity contribution >= 4 is 29.3 Å². The van der Waals surface area contributed by atoms with Gasteiger partial charge in [-0.05, 0) is 61.6 Å². The lowest BCUT2D eigenvalue weighted by Gasteiger charge is -2.17. The second-order valence-electron chi connectivity index (χ2n) is 8.00. The van der Waals surface area contributed by atoms with Gasteiger partial charge >= 0.3 is 5.97 Å². The Hall–Kier alpha value is -3.54. The summed E-state index contributed by atoms with van der Waals surface area (Å²) < 4.78 is 5.38. The molecule has 1 heterocycles. The summed E-state index contributed by atoms with van der Waals surface area (Å²) in [6, 6.07) is 12.7. The van der Waals surface area contributed by atoms with Crippen LogP contribution in [-0.4, -0.2) is 23.6 Å². The highest BCUT2D eigenvalue weighted by atomic mass is 16.5. The normalized spacial score (nSPS) is 26.2. The van der Waals surface area contributed by atoms with Crippen LogP contribution >= 0.6 is 0 Å². The Balaban J connectivity index is 1.35. The quantitative estimate of drug-likeness (QED) is 0.258. The van der Waals surface area contributed by atoms with Crippen LogP contribution in [0.3, 0.4) is 0 Å². The first kappa shape index (κ1) is 18.5. The van der Waals surface area contributed by atoms with Gasteiger partial charge in [0, 0.05) is 0 Å². The topological polar surface area (TPSA) is 80.8 Å². The highest BCUT2D eigenvalue weighted by Gasteiger charge is 2.59. The average Bonchev–Trinajstić information content (AvgIpc) is 3.42. The molecule has 150 valence electrons. The molecule has 1 aliphatic heterocycles. The zero-order chi connectivity index (χ0) is 21.0. The predicted octanol–water partition coefficient (Wildman–Crippen LogP) is 3.42. The van der Waals surface area contributed by atoms with Gasteiger partial charge in [0.2, 0.25) is 11.8 Å². The summed E-state index contributed by atoms with van der Waals surface area (Å²) in [5, 5.41) is 0. The first-order chi connectivity index (χ1) is 14.5. The maximum atomic E-state index is 12.9. The predicted molar refractivity (Wildman–Crippen MR) is 108 cm³/mol. The number of amides is 2. The molecule has 0 radical (unpaired) electrons. The molecule has 2 aromatic carbocycles. The third kappa shape index (κ3) is 2.71. The van der Waals surface area contributed by atoms with Gasteiger partial charge in [0.1, 0.15) is 5.75 Å². The van der Waals surface area contributed by atoms with Crippen LogP contribution in [0, 0.1) is 23.7 Å². The fraction of sp³-hybridized carbons (Fsp3) is 0.250. The number of imide groups is 1. The molecule has 0 N–H and O–H groups in total. The zero-order valence-corrected chi connectivity index (χ0v) is 16.3. The van der Waals surface area contributed by atoms with E-state index >= 15 is 0 Å². The van der Waals surface area contributed by atoms with E-state index in [0.29, 0.717) is 11.3 Å². The highest BCUT2D eigenvalue weighted by Crippen LogP contribution is 2.53. The van der Waals surface area contributed by atoms with Gasteiger partial charge in [-0.15, -0.1) is 0 Å². The van der Waals surface area contributed by atoms with Gasteiger partial charge in [-0.1, -0.05) is 24.3 Å². The maximum absolute atomic E-state index is 12.9. The van der Waals surface area contributed by atoms with Crippen LogP contribution in [0.25, 0.3) is 0 Å². The standard InChI is InChI=1S/C24H19NO5/c1-13(26)18-4-2-3-5-19(18)30-24(29)14-8-10-17(11-9-14)25-22(27)20-15-6-7-16(12-15)21(20)23(25)28/h2-11,15-16,20-21H,12H2,1H3/t15-,16-,20+,21+/m0/s1. The SMILES string of the molecule is CC(=O)c1ccccc1OC(=O)c1ccc(N2C(=O)[C@H]3[C@H](C2=O)[C@H]2C=C[C@H]3C2)cc1. The summed E-state index contributed by atoms with van der Waals surface area (Å²) >= 11 is 0. The number of anilines is 1. The van der Waals surface area contributed by atoms with Crippen LogP contribution in [0.5, 0.6) is 5.75 Å². The van der Waals surface area contributed by atoms with Crippen molar-refractivity contribution in [2.45, 2.75) is 13.3 Å². The van der Waals surface area contributed by atoms with Crippen LogP contribution in [0.1, 0.15) is 34.1 Å². The summed E-state index contributed by atoms with van der Waals surface area (Å²) in [5.74, 6) is -1.17. The summed E-state index contributed by atoms with van der Waals surface area (Å²) in [7, 11) is 0. The van der Waals surface area contributed by atoms with E-state index in [1.807, 2.05) is 0 Å². The Morgan fingerprint density at radius 2 is 1.50 bits per heavy atom. The molecule has 0 aromatic heterocycles. The Morgan fingerprint density at radius 3 is 2.10 bits per heavy atom. The Bertz CT molecular complexity index is 1090. The van der Waals surface area contributed by atoms with E-state index in [9.17, 15) is 19.2 Å². The number of rotatable bonds is 4. The largest absolute Gasteiger partial charge is 0.422 e. The molecule has 2 aromatic rings. The smallest absolute Gasteiger partial charge is 0.343 e. The first-order valence-corrected chi connectivity index (χ1v) is 9.94. The maximum Gasteiger partial charge on any atom is 0.343 e. The molecular formula is C24H19NO5. The summed E-state index contributed by atoms with van der Waals surface area (Å²) in [6.45, 7) is 1.41. The van der Waals surface area contributed by atoms with E-state index in [0.717, 1.165) is 6.42 Å². The second-order valence-corrected chi connectivity index (χ2v) is 8.00. The number of nitrogens with zero attached hydrogens (tertiary/aromatic N) is 1. The number of carbonyl (C=O) groups is 4. The number of Topliss-reactive ketones (excluding diaryl/α,β-unsaturated/α-hetero) is 1. The van der Waals surface area contributed by atoms with Crippen molar-refractivity contribution in [3.05, 3.63) is 71.8 Å². The number of fused-ring (bicyclic) bond motifs is 5. The number of benzene rings is 2. The minimum absolute atomic E-state index is 0.150. The summed E-state index contributed by atoms with van der Waals surface area (Å²) in [5.41, 5.74) is 1.04. The van der Waals surface area contributed by atoms with Crippen LogP contribution in [0.4, 0.5) is 5.69 Å². The van der Waals surface area contributed by atoms with Crippen molar-refractivity contribution in [1.82, 2.24) is 0 Å². The van der Waals surface area contributed by atoms with Gasteiger partial charge in [-0.2, -0.15) is 0 Å². The summed E-state index contributed by atoms with van der Waals surface area (Å²) in [6.07, 6.45) is 4.99. The van der Waals surface area contributed by atoms with Crippen LogP contribution in [0.2, 0.25) is 0 Å². The van der Waals surface area contributed by atoms with E-state index in [2.05, 4.69) is 12.2 Å². The van der Waals surface area contributed by atoms with Crippen molar-refractivity contribution < 1.29 is 23.9 Å². The van der Waals surface area contributed by atoms with Crippen molar-refractivity contribution in [2.24, 2.45) is 23.7 Å². The number of allylic oxidation sites excluding steroid dienone is 2. The summed E-state index contributed by atoms with van der Waals surface area (Å²) in [4.78, 5) is 51.3. The molecule has 2 aliphatic carbocycles. The van der Waals surface area contributed by atoms with Gasteiger partial charge in [0.05, 0.1) is 28.7 Å². The number of ketones is 1. The Morgan fingerprint density at radius 1 is 0.900 bits per heavy atom. The number of hydrogen-bond acceptors (Lipinski definition) is 5. The van der Waals surface area contributed by atoms with E-state index in [1.165, 1.54) is 24.0 Å². The molecule has 2 amide bonds. The molecule has 0 spiro atoms. The van der Waals surface area contributed by atoms with Crippen LogP contribution in [0.15, 0.2) is 60.7 Å². The van der Waals surface area contributed by atoms with Gasteiger partial charge in [0.15, 0.2) is 5.78 Å². The minimum Gasteiger partial charge on any atom is -0.422 e. The molecule has 2 bridgehead atoms. The Labute approximate surface area is 173 Å².